The lowest BCUT2D eigenvalue weighted by Gasteiger charge is -2.26. The van der Waals surface area contributed by atoms with Crippen molar-refractivity contribution in [2.45, 2.75) is 30.0 Å². The fourth-order valence-corrected chi connectivity index (χ4v) is 3.65. The van der Waals surface area contributed by atoms with Crippen LogP contribution in [-0.4, -0.2) is 28.0 Å². The Kier molecular flexibility index (Phi) is 5.00. The molecule has 1 aromatic heterocycles. The van der Waals surface area contributed by atoms with E-state index in [4.69, 9.17) is 5.14 Å². The van der Waals surface area contributed by atoms with Crippen molar-refractivity contribution in [1.29, 1.82) is 0 Å². The summed E-state index contributed by atoms with van der Waals surface area (Å²) >= 11 is 1.17. The second-order valence-electron chi connectivity index (χ2n) is 4.87. The molecule has 1 fully saturated rings. The largest absolute Gasteiger partial charge is 0.356 e. The highest BCUT2D eigenvalue weighted by atomic mass is 32.2. The zero-order valence-electron chi connectivity index (χ0n) is 11.4. The summed E-state index contributed by atoms with van der Waals surface area (Å²) in [6, 6.07) is 3.29. The zero-order valence-corrected chi connectivity index (χ0v) is 13.1. The van der Waals surface area contributed by atoms with E-state index < -0.39 is 10.0 Å². The molecule has 0 aliphatic heterocycles. The first-order valence-electron chi connectivity index (χ1n) is 6.55. The van der Waals surface area contributed by atoms with E-state index in [0.717, 1.165) is 23.3 Å². The molecule has 1 aliphatic rings. The fourth-order valence-electron chi connectivity index (χ4n) is 1.94. The quantitative estimate of drug-likeness (QED) is 0.554. The maximum Gasteiger partial charge on any atom is 0.247 e. The summed E-state index contributed by atoms with van der Waals surface area (Å²) in [5, 5.41) is 11.5. The first kappa shape index (κ1) is 15.3. The van der Waals surface area contributed by atoms with E-state index in [-0.39, 0.29) is 4.21 Å². The van der Waals surface area contributed by atoms with Gasteiger partial charge in [0.05, 0.1) is 6.54 Å². The summed E-state index contributed by atoms with van der Waals surface area (Å²) in [6.07, 6.45) is 3.89. The van der Waals surface area contributed by atoms with E-state index >= 15 is 0 Å². The molecule has 2 rings (SSSR count). The number of nitrogens with one attached hydrogen (secondary N) is 2. The Morgan fingerprint density at radius 2 is 2.20 bits per heavy atom. The molecule has 0 radical (unpaired) electrons. The van der Waals surface area contributed by atoms with Crippen molar-refractivity contribution in [2.75, 3.05) is 13.6 Å². The van der Waals surface area contributed by atoms with Crippen molar-refractivity contribution in [3.63, 3.8) is 0 Å². The van der Waals surface area contributed by atoms with Crippen LogP contribution >= 0.6 is 11.3 Å². The predicted molar refractivity (Wildman–Crippen MR) is 81.2 cm³/mol. The minimum absolute atomic E-state index is 0.187. The fraction of sp³-hybridized carbons (Fsp3) is 0.583. The molecule has 1 aromatic rings. The highest BCUT2D eigenvalue weighted by molar-refractivity contribution is 7.91. The van der Waals surface area contributed by atoms with Gasteiger partial charge < -0.3 is 10.6 Å². The van der Waals surface area contributed by atoms with Gasteiger partial charge in [0.2, 0.25) is 10.0 Å². The van der Waals surface area contributed by atoms with Crippen molar-refractivity contribution in [2.24, 2.45) is 16.0 Å². The number of guanidine groups is 1. The second kappa shape index (κ2) is 6.55. The Bertz CT molecular complexity index is 576. The molecule has 6 nitrogen and oxygen atoms in total. The number of nitrogens with zero attached hydrogens (tertiary/aromatic N) is 1. The van der Waals surface area contributed by atoms with Crippen LogP contribution in [0.5, 0.6) is 0 Å². The number of hydrogen-bond acceptors (Lipinski definition) is 4. The Hall–Kier alpha value is -1.12. The first-order chi connectivity index (χ1) is 9.49. The average molecular weight is 316 g/mol. The summed E-state index contributed by atoms with van der Waals surface area (Å²) in [6.45, 7) is 1.47. The van der Waals surface area contributed by atoms with Crippen molar-refractivity contribution in [3.8, 4) is 0 Å². The van der Waals surface area contributed by atoms with Gasteiger partial charge >= 0.3 is 0 Å². The summed E-state index contributed by atoms with van der Waals surface area (Å²) in [4.78, 5) is 5.05. The lowest BCUT2D eigenvalue weighted by Crippen LogP contribution is -2.40. The van der Waals surface area contributed by atoms with Crippen LogP contribution in [0.1, 0.15) is 24.1 Å². The Morgan fingerprint density at radius 3 is 2.70 bits per heavy atom. The van der Waals surface area contributed by atoms with Crippen molar-refractivity contribution in [1.82, 2.24) is 10.6 Å². The van der Waals surface area contributed by atoms with Crippen LogP contribution in [-0.2, 0) is 16.6 Å². The normalized spacial score (nSPS) is 16.8. The van der Waals surface area contributed by atoms with Crippen LogP contribution in [0.4, 0.5) is 0 Å². The second-order valence-corrected chi connectivity index (χ2v) is 7.83. The third kappa shape index (κ3) is 4.19. The maximum absolute atomic E-state index is 11.2. The van der Waals surface area contributed by atoms with Gasteiger partial charge in [-0.15, -0.1) is 11.3 Å². The highest BCUT2D eigenvalue weighted by Crippen LogP contribution is 2.25. The van der Waals surface area contributed by atoms with Crippen LogP contribution in [0.15, 0.2) is 21.3 Å². The Balaban J connectivity index is 1.82. The highest BCUT2D eigenvalue weighted by Gasteiger charge is 2.17. The minimum atomic E-state index is -3.60. The van der Waals surface area contributed by atoms with Gasteiger partial charge in [-0.05, 0) is 30.9 Å². The monoisotopic (exact) mass is 316 g/mol. The predicted octanol–water partition coefficient (Wildman–Crippen LogP) is 0.861. The van der Waals surface area contributed by atoms with Crippen molar-refractivity contribution in [3.05, 3.63) is 17.0 Å². The summed E-state index contributed by atoms with van der Waals surface area (Å²) < 4.78 is 22.6. The molecule has 0 bridgehead atoms. The number of thiophene rings is 1. The number of hydrogen-bond donors (Lipinski definition) is 3. The molecule has 20 heavy (non-hydrogen) atoms. The van der Waals surface area contributed by atoms with E-state index in [1.165, 1.54) is 36.7 Å². The number of sulfonamides is 1. The standard InChI is InChI=1S/C12H20N4O2S2/c1-14-12(15-7-9-3-2-4-9)16-8-10-5-6-11(19-10)20(13,17)18/h5-6,9H,2-4,7-8H2,1H3,(H2,13,17,18)(H2,14,15,16). The van der Waals surface area contributed by atoms with Crippen LogP contribution < -0.4 is 15.8 Å². The lowest BCUT2D eigenvalue weighted by molar-refractivity contribution is 0.314. The van der Waals surface area contributed by atoms with Gasteiger partial charge in [-0.25, -0.2) is 13.6 Å². The van der Waals surface area contributed by atoms with Gasteiger partial charge in [-0.1, -0.05) is 6.42 Å². The summed E-state index contributed by atoms with van der Waals surface area (Å²) in [5.41, 5.74) is 0. The zero-order chi connectivity index (χ0) is 14.6. The number of primary sulfonamides is 1. The molecule has 112 valence electrons. The third-order valence-corrected chi connectivity index (χ3v) is 5.88. The van der Waals surface area contributed by atoms with E-state index in [1.807, 2.05) is 0 Å². The van der Waals surface area contributed by atoms with Gasteiger partial charge in [-0.3, -0.25) is 4.99 Å². The van der Waals surface area contributed by atoms with Crippen LogP contribution in [0.2, 0.25) is 0 Å². The summed E-state index contributed by atoms with van der Waals surface area (Å²) in [5.74, 6) is 1.49. The van der Waals surface area contributed by atoms with Gasteiger partial charge in [0.25, 0.3) is 0 Å². The SMILES string of the molecule is CN=C(NCc1ccc(S(N)(=O)=O)s1)NCC1CCC1. The lowest BCUT2D eigenvalue weighted by atomic mass is 9.85. The minimum Gasteiger partial charge on any atom is -0.356 e. The topological polar surface area (TPSA) is 96.6 Å². The van der Waals surface area contributed by atoms with Gasteiger partial charge in [0, 0.05) is 18.5 Å². The van der Waals surface area contributed by atoms with Crippen molar-refractivity contribution >= 4 is 27.3 Å². The number of nitrogens with two attached hydrogens (primary N) is 1. The molecule has 1 saturated carbocycles. The molecule has 0 unspecified atom stereocenters. The summed E-state index contributed by atoms with van der Waals surface area (Å²) in [7, 11) is -1.88. The number of aliphatic imine (C=N–C) groups is 1. The molecular formula is C12H20N4O2S2. The Morgan fingerprint density at radius 1 is 1.45 bits per heavy atom. The average Bonchev–Trinajstić information content (AvgIpc) is 2.79. The molecule has 0 saturated heterocycles. The molecule has 0 aromatic carbocycles. The molecule has 0 atom stereocenters. The van der Waals surface area contributed by atoms with Gasteiger partial charge in [0.1, 0.15) is 4.21 Å². The molecular weight excluding hydrogens is 296 g/mol. The first-order valence-corrected chi connectivity index (χ1v) is 8.91. The maximum atomic E-state index is 11.2. The van der Waals surface area contributed by atoms with Crippen LogP contribution in [0.3, 0.4) is 0 Å². The van der Waals surface area contributed by atoms with E-state index in [0.29, 0.717) is 6.54 Å². The number of rotatable bonds is 5. The van der Waals surface area contributed by atoms with E-state index in [2.05, 4.69) is 15.6 Å². The smallest absolute Gasteiger partial charge is 0.247 e. The van der Waals surface area contributed by atoms with Crippen molar-refractivity contribution < 1.29 is 8.42 Å². The third-order valence-electron chi connectivity index (χ3n) is 3.35. The molecule has 0 spiro atoms. The molecule has 1 heterocycles. The molecule has 8 heteroatoms. The van der Waals surface area contributed by atoms with Gasteiger partial charge in [0.15, 0.2) is 5.96 Å². The molecule has 4 N–H and O–H groups in total. The van der Waals surface area contributed by atoms with E-state index in [1.54, 1.807) is 13.1 Å². The van der Waals surface area contributed by atoms with Gasteiger partial charge in [-0.2, -0.15) is 0 Å². The molecule has 0 amide bonds. The molecule has 1 aliphatic carbocycles. The van der Waals surface area contributed by atoms with Crippen LogP contribution in [0.25, 0.3) is 0 Å². The van der Waals surface area contributed by atoms with E-state index in [9.17, 15) is 8.42 Å². The Labute approximate surface area is 123 Å². The van der Waals surface area contributed by atoms with Crippen LogP contribution in [0, 0.1) is 5.92 Å².